The zero-order valence-corrected chi connectivity index (χ0v) is 12.5. The van der Waals surface area contributed by atoms with Crippen molar-refractivity contribution in [2.24, 2.45) is 5.92 Å². The van der Waals surface area contributed by atoms with Crippen LogP contribution in [-0.4, -0.2) is 41.4 Å². The Morgan fingerprint density at radius 3 is 2.55 bits per heavy atom. The molecule has 3 rings (SSSR count). The number of hydrogen-bond donors (Lipinski definition) is 1. The molecule has 0 unspecified atom stereocenters. The number of hydrogen-bond acceptors (Lipinski definition) is 6. The monoisotopic (exact) mass is 338 g/mol. The first-order valence-corrected chi connectivity index (χ1v) is 8.54. The van der Waals surface area contributed by atoms with Crippen molar-refractivity contribution in [2.75, 3.05) is 13.1 Å². The zero-order valence-electron chi connectivity index (χ0n) is 10.2. The average molecular weight is 339 g/mol. The summed E-state index contributed by atoms with van der Waals surface area (Å²) in [6.45, 7) is 0.0899. The van der Waals surface area contributed by atoms with Gasteiger partial charge < -0.3 is 5.11 Å². The molecule has 20 heavy (non-hydrogen) atoms. The molecule has 1 aliphatic heterocycles. The third kappa shape index (κ3) is 2.13. The van der Waals surface area contributed by atoms with Crippen molar-refractivity contribution >= 4 is 38.6 Å². The van der Waals surface area contributed by atoms with E-state index in [4.69, 9.17) is 11.6 Å². The second kappa shape index (κ2) is 4.38. The molecule has 10 heteroatoms. The summed E-state index contributed by atoms with van der Waals surface area (Å²) >= 11 is 6.34. The van der Waals surface area contributed by atoms with E-state index in [1.807, 2.05) is 0 Å². The molecular formula is C10H11ClN2O5S2. The van der Waals surface area contributed by atoms with E-state index in [9.17, 15) is 23.6 Å². The largest absolute Gasteiger partial charge is 0.387 e. The summed E-state index contributed by atoms with van der Waals surface area (Å²) in [5, 5.41) is 20.8. The van der Waals surface area contributed by atoms with E-state index in [1.54, 1.807) is 0 Å². The highest BCUT2D eigenvalue weighted by Crippen LogP contribution is 2.47. The van der Waals surface area contributed by atoms with Gasteiger partial charge in [0.05, 0.1) is 10.5 Å². The summed E-state index contributed by atoms with van der Waals surface area (Å²) in [5.74, 6) is 0.176. The molecule has 110 valence electrons. The number of nitro groups is 1. The maximum Gasteiger partial charge on any atom is 0.300 e. The van der Waals surface area contributed by atoms with Gasteiger partial charge in [0.25, 0.3) is 15.7 Å². The minimum Gasteiger partial charge on any atom is -0.387 e. The molecule has 0 amide bonds. The van der Waals surface area contributed by atoms with E-state index < -0.39 is 26.2 Å². The summed E-state index contributed by atoms with van der Waals surface area (Å²) in [4.78, 5) is 9.98. The van der Waals surface area contributed by atoms with Gasteiger partial charge in [-0.2, -0.15) is 4.31 Å². The van der Waals surface area contributed by atoms with Crippen molar-refractivity contribution < 1.29 is 18.4 Å². The van der Waals surface area contributed by atoms with Crippen molar-refractivity contribution in [1.82, 2.24) is 4.31 Å². The lowest BCUT2D eigenvalue weighted by atomic mass is 9.91. The Morgan fingerprint density at radius 1 is 1.50 bits per heavy atom. The lowest BCUT2D eigenvalue weighted by Crippen LogP contribution is -2.64. The molecule has 0 radical (unpaired) electrons. The Morgan fingerprint density at radius 2 is 2.10 bits per heavy atom. The van der Waals surface area contributed by atoms with Gasteiger partial charge in [0, 0.05) is 19.2 Å². The second-order valence-electron chi connectivity index (χ2n) is 5.13. The number of aliphatic hydroxyl groups is 1. The van der Waals surface area contributed by atoms with Crippen molar-refractivity contribution in [2.45, 2.75) is 22.7 Å². The predicted molar refractivity (Wildman–Crippen MR) is 72.4 cm³/mol. The third-order valence-electron chi connectivity index (χ3n) is 3.67. The fraction of sp³-hybridized carbons (Fsp3) is 0.600. The van der Waals surface area contributed by atoms with Crippen LogP contribution in [0.1, 0.15) is 12.8 Å². The van der Waals surface area contributed by atoms with Crippen LogP contribution in [0.25, 0.3) is 0 Å². The fourth-order valence-electron chi connectivity index (χ4n) is 2.33. The van der Waals surface area contributed by atoms with Gasteiger partial charge in [0.15, 0.2) is 4.34 Å². The quantitative estimate of drug-likeness (QED) is 0.661. The Balaban J connectivity index is 1.83. The minimum atomic E-state index is -3.81. The van der Waals surface area contributed by atoms with Gasteiger partial charge in [-0.15, -0.1) is 11.3 Å². The molecule has 0 aromatic carbocycles. The van der Waals surface area contributed by atoms with Crippen molar-refractivity contribution in [1.29, 1.82) is 0 Å². The van der Waals surface area contributed by atoms with Gasteiger partial charge in [-0.1, -0.05) is 11.6 Å². The van der Waals surface area contributed by atoms with Gasteiger partial charge in [0.1, 0.15) is 4.21 Å². The third-order valence-corrected chi connectivity index (χ3v) is 7.25. The summed E-state index contributed by atoms with van der Waals surface area (Å²) < 4.78 is 25.4. The summed E-state index contributed by atoms with van der Waals surface area (Å²) in [7, 11) is -3.81. The van der Waals surface area contributed by atoms with Gasteiger partial charge in [-0.05, 0) is 18.8 Å². The SMILES string of the molecule is O=[N+]([O-])c1cc(S(=O)(=O)N2CC(O)(C3CC3)C2)sc1Cl. The van der Waals surface area contributed by atoms with E-state index >= 15 is 0 Å². The maximum atomic E-state index is 12.3. The number of rotatable bonds is 4. The second-order valence-corrected chi connectivity index (χ2v) is 8.95. The highest BCUT2D eigenvalue weighted by atomic mass is 35.5. The van der Waals surface area contributed by atoms with Crippen LogP contribution in [0, 0.1) is 16.0 Å². The number of sulfonamides is 1. The normalized spacial score (nSPS) is 22.5. The van der Waals surface area contributed by atoms with Crippen LogP contribution in [0.2, 0.25) is 4.34 Å². The molecule has 1 aromatic heterocycles. The smallest absolute Gasteiger partial charge is 0.300 e. The Hall–Kier alpha value is -0.740. The summed E-state index contributed by atoms with van der Waals surface area (Å²) in [6.07, 6.45) is 1.83. The molecule has 1 saturated carbocycles. The van der Waals surface area contributed by atoms with Gasteiger partial charge in [-0.3, -0.25) is 10.1 Å². The Kier molecular flexibility index (Phi) is 3.11. The molecule has 2 heterocycles. The first kappa shape index (κ1) is 14.2. The van der Waals surface area contributed by atoms with E-state index in [1.165, 1.54) is 0 Å². The Bertz CT molecular complexity index is 676. The van der Waals surface area contributed by atoms with Crippen LogP contribution in [0.15, 0.2) is 10.3 Å². The van der Waals surface area contributed by atoms with Gasteiger partial charge in [-0.25, -0.2) is 8.42 Å². The van der Waals surface area contributed by atoms with Crippen molar-refractivity contribution in [3.05, 3.63) is 20.5 Å². The molecular weight excluding hydrogens is 328 g/mol. The van der Waals surface area contributed by atoms with Crippen LogP contribution in [0.5, 0.6) is 0 Å². The molecule has 7 nitrogen and oxygen atoms in total. The number of β-amino-alcohol motifs (C(OH)–C–C–N with tert-alkyl or cyclic N) is 1. The number of nitrogens with zero attached hydrogens (tertiary/aromatic N) is 2. The lowest BCUT2D eigenvalue weighted by Gasteiger charge is -2.45. The highest BCUT2D eigenvalue weighted by Gasteiger charge is 2.55. The molecule has 2 aliphatic rings. The predicted octanol–water partition coefficient (Wildman–Crippen LogP) is 1.46. The topological polar surface area (TPSA) is 101 Å². The number of thiophene rings is 1. The molecule has 0 atom stereocenters. The molecule has 1 N–H and O–H groups in total. The molecule has 0 bridgehead atoms. The average Bonchev–Trinajstić information content (AvgIpc) is 3.07. The standard InChI is InChI=1S/C10H11ClN2O5S2/c11-9-7(13(15)16)3-8(19-9)20(17,18)12-4-10(14,5-12)6-1-2-6/h3,6,14H,1-2,4-5H2. The van der Waals surface area contributed by atoms with E-state index in [0.717, 1.165) is 23.2 Å². The molecule has 2 fully saturated rings. The maximum absolute atomic E-state index is 12.3. The van der Waals surface area contributed by atoms with E-state index in [2.05, 4.69) is 0 Å². The van der Waals surface area contributed by atoms with Crippen LogP contribution < -0.4 is 0 Å². The van der Waals surface area contributed by atoms with Crippen molar-refractivity contribution in [3.63, 3.8) is 0 Å². The lowest BCUT2D eigenvalue weighted by molar-refractivity contribution is -0.384. The highest BCUT2D eigenvalue weighted by molar-refractivity contribution is 7.91. The van der Waals surface area contributed by atoms with Crippen LogP contribution in [0.3, 0.4) is 0 Å². The fourth-order valence-corrected chi connectivity index (χ4v) is 5.72. The van der Waals surface area contributed by atoms with Crippen LogP contribution >= 0.6 is 22.9 Å². The molecule has 0 spiro atoms. The van der Waals surface area contributed by atoms with Gasteiger partial charge in [0.2, 0.25) is 0 Å². The van der Waals surface area contributed by atoms with E-state index in [-0.39, 0.29) is 27.6 Å². The first-order valence-electron chi connectivity index (χ1n) is 5.90. The summed E-state index contributed by atoms with van der Waals surface area (Å²) in [5.41, 5.74) is -1.34. The van der Waals surface area contributed by atoms with Crippen molar-refractivity contribution in [3.8, 4) is 0 Å². The summed E-state index contributed by atoms with van der Waals surface area (Å²) in [6, 6.07) is 0.969. The van der Waals surface area contributed by atoms with Crippen LogP contribution in [0.4, 0.5) is 5.69 Å². The molecule has 1 aliphatic carbocycles. The zero-order chi connectivity index (χ0) is 14.7. The minimum absolute atomic E-state index is 0.0450. The Labute approximate surface area is 124 Å². The van der Waals surface area contributed by atoms with Gasteiger partial charge >= 0.3 is 0 Å². The van der Waals surface area contributed by atoms with E-state index in [0.29, 0.717) is 11.3 Å². The van der Waals surface area contributed by atoms with Crippen LogP contribution in [-0.2, 0) is 10.0 Å². The first-order chi connectivity index (χ1) is 9.24. The molecule has 1 saturated heterocycles. The number of halogens is 1. The molecule has 1 aromatic rings.